The van der Waals surface area contributed by atoms with Gasteiger partial charge in [0, 0.05) is 0 Å². The van der Waals surface area contributed by atoms with Crippen LogP contribution < -0.4 is 0 Å². The summed E-state index contributed by atoms with van der Waals surface area (Å²) in [5, 5.41) is 0. The van der Waals surface area contributed by atoms with Crippen molar-refractivity contribution in [2.24, 2.45) is 4.99 Å². The number of isocyanates is 1. The number of hydrogen-bond donors (Lipinski definition) is 0. The Morgan fingerprint density at radius 1 is 1.16 bits per heavy atom. The smallest absolute Gasteiger partial charge is 0.211 e. The van der Waals surface area contributed by atoms with Crippen LogP contribution in [-0.2, 0) is 10.3 Å². The van der Waals surface area contributed by atoms with Gasteiger partial charge in [-0.25, -0.2) is 4.79 Å². The molecule has 0 amide bonds. The minimum Gasteiger partial charge on any atom is -0.211 e. The average molecular weight is 257 g/mol. The van der Waals surface area contributed by atoms with E-state index >= 15 is 0 Å². The molecule has 1 saturated carbocycles. The maximum Gasteiger partial charge on any atom is 0.235 e. The number of nitrogens with zero attached hydrogens (tertiary/aromatic N) is 1. The minimum absolute atomic E-state index is 0.285. The molecule has 0 radical (unpaired) electrons. The second kappa shape index (κ2) is 5.30. The molecule has 0 spiro atoms. The Balaban J connectivity index is 2.57. The van der Waals surface area contributed by atoms with Crippen molar-refractivity contribution in [3.05, 3.63) is 34.9 Å². The van der Waals surface area contributed by atoms with Gasteiger partial charge in [-0.05, 0) is 47.8 Å². The van der Waals surface area contributed by atoms with Gasteiger partial charge < -0.3 is 0 Å². The Morgan fingerprint density at radius 3 is 2.26 bits per heavy atom. The van der Waals surface area contributed by atoms with E-state index in [9.17, 15) is 4.79 Å². The lowest BCUT2D eigenvalue weighted by Crippen LogP contribution is -2.33. The number of hydrogen-bond acceptors (Lipinski definition) is 2. The molecule has 0 bridgehead atoms. The summed E-state index contributed by atoms with van der Waals surface area (Å²) in [5.41, 5.74) is 3.62. The molecule has 0 unspecified atom stereocenters. The van der Waals surface area contributed by atoms with Crippen molar-refractivity contribution in [3.8, 4) is 0 Å². The molecular weight excluding hydrogens is 234 g/mol. The first-order valence-electron chi connectivity index (χ1n) is 7.23. The topological polar surface area (TPSA) is 29.4 Å². The summed E-state index contributed by atoms with van der Waals surface area (Å²) in [6.07, 6.45) is 4.90. The summed E-state index contributed by atoms with van der Waals surface area (Å²) < 4.78 is 0. The van der Waals surface area contributed by atoms with Crippen LogP contribution in [-0.4, -0.2) is 6.08 Å². The van der Waals surface area contributed by atoms with E-state index in [1.165, 1.54) is 16.7 Å². The third kappa shape index (κ3) is 2.50. The number of carbonyl (C=O) groups excluding carboxylic acids is 1. The molecule has 2 nitrogen and oxygen atoms in total. The van der Waals surface area contributed by atoms with Crippen molar-refractivity contribution in [1.82, 2.24) is 0 Å². The second-order valence-electron chi connectivity index (χ2n) is 6.24. The fourth-order valence-electron chi connectivity index (χ4n) is 2.88. The lowest BCUT2D eigenvalue weighted by molar-refractivity contribution is 0.253. The summed E-state index contributed by atoms with van der Waals surface area (Å²) in [6.45, 7) is 8.80. The lowest BCUT2D eigenvalue weighted by atomic mass is 9.69. The first-order chi connectivity index (χ1) is 9.00. The quantitative estimate of drug-likeness (QED) is 0.570. The molecule has 2 rings (SSSR count). The highest BCUT2D eigenvalue weighted by Gasteiger charge is 2.40. The van der Waals surface area contributed by atoms with Crippen molar-refractivity contribution in [1.29, 1.82) is 0 Å². The molecule has 1 fully saturated rings. The van der Waals surface area contributed by atoms with Crippen LogP contribution in [0.2, 0.25) is 0 Å². The minimum atomic E-state index is -0.285. The van der Waals surface area contributed by atoms with E-state index in [1.54, 1.807) is 6.08 Å². The van der Waals surface area contributed by atoms with Crippen molar-refractivity contribution in [3.63, 3.8) is 0 Å². The second-order valence-corrected chi connectivity index (χ2v) is 6.24. The van der Waals surface area contributed by atoms with E-state index in [4.69, 9.17) is 0 Å². The van der Waals surface area contributed by atoms with E-state index in [2.05, 4.69) is 50.9 Å². The zero-order valence-electron chi connectivity index (χ0n) is 12.4. The van der Waals surface area contributed by atoms with Crippen LogP contribution in [0.4, 0.5) is 0 Å². The monoisotopic (exact) mass is 257 g/mol. The largest absolute Gasteiger partial charge is 0.235 e. The zero-order chi connectivity index (χ0) is 14.0. The maximum absolute atomic E-state index is 10.8. The molecule has 0 saturated heterocycles. The molecule has 0 aliphatic heterocycles. The zero-order valence-corrected chi connectivity index (χ0v) is 12.4. The molecule has 0 atom stereocenters. The van der Waals surface area contributed by atoms with Crippen LogP contribution in [0.1, 0.15) is 75.5 Å². The van der Waals surface area contributed by atoms with Crippen LogP contribution in [0, 0.1) is 0 Å². The van der Waals surface area contributed by atoms with Crippen LogP contribution in [0.25, 0.3) is 0 Å². The molecule has 0 aromatic heterocycles. The van der Waals surface area contributed by atoms with Gasteiger partial charge in [0.05, 0.1) is 5.54 Å². The first kappa shape index (κ1) is 14.0. The predicted molar refractivity (Wildman–Crippen MR) is 78.3 cm³/mol. The number of benzene rings is 1. The van der Waals surface area contributed by atoms with Crippen LogP contribution in [0.5, 0.6) is 0 Å². The SMILES string of the molecule is CC(C)c1ccc(C(C)C)c(C2(N=C=O)CCC2)c1. The normalized spacial score (nSPS) is 17.2. The highest BCUT2D eigenvalue weighted by atomic mass is 16.1. The molecule has 1 aromatic rings. The highest BCUT2D eigenvalue weighted by Crippen LogP contribution is 2.47. The summed E-state index contributed by atoms with van der Waals surface area (Å²) in [7, 11) is 0. The fourth-order valence-corrected chi connectivity index (χ4v) is 2.88. The van der Waals surface area contributed by atoms with Crippen molar-refractivity contribution in [2.45, 2.75) is 64.3 Å². The highest BCUT2D eigenvalue weighted by molar-refractivity contribution is 5.45. The molecule has 2 heteroatoms. The van der Waals surface area contributed by atoms with E-state index < -0.39 is 0 Å². The first-order valence-corrected chi connectivity index (χ1v) is 7.23. The lowest BCUT2D eigenvalue weighted by Gasteiger charge is -2.39. The Hall–Kier alpha value is -1.40. The van der Waals surface area contributed by atoms with Gasteiger partial charge in [0.1, 0.15) is 0 Å². The standard InChI is InChI=1S/C17H23NO/c1-12(2)14-6-7-15(13(3)4)16(10-14)17(18-11-19)8-5-9-17/h6-7,10,12-13H,5,8-9H2,1-4H3. The molecule has 19 heavy (non-hydrogen) atoms. The van der Waals surface area contributed by atoms with Gasteiger partial charge >= 0.3 is 0 Å². The van der Waals surface area contributed by atoms with Crippen LogP contribution >= 0.6 is 0 Å². The Labute approximate surface area is 115 Å². The molecule has 102 valence electrons. The van der Waals surface area contributed by atoms with Gasteiger partial charge in [0.25, 0.3) is 0 Å². The van der Waals surface area contributed by atoms with Crippen molar-refractivity contribution < 1.29 is 4.79 Å². The number of rotatable bonds is 4. The summed E-state index contributed by atoms with van der Waals surface area (Å²) in [5.74, 6) is 0.952. The van der Waals surface area contributed by atoms with Gasteiger partial charge in [-0.2, -0.15) is 4.99 Å². The summed E-state index contributed by atoms with van der Waals surface area (Å²) >= 11 is 0. The van der Waals surface area contributed by atoms with Crippen LogP contribution in [0.3, 0.4) is 0 Å². The number of aliphatic imine (C=N–C) groups is 1. The van der Waals surface area contributed by atoms with Crippen LogP contribution in [0.15, 0.2) is 23.2 Å². The van der Waals surface area contributed by atoms with Gasteiger partial charge in [0.2, 0.25) is 6.08 Å². The Morgan fingerprint density at radius 2 is 1.84 bits per heavy atom. The Kier molecular flexibility index (Phi) is 3.91. The fraction of sp³-hybridized carbons (Fsp3) is 0.588. The van der Waals surface area contributed by atoms with E-state index in [0.717, 1.165) is 19.3 Å². The summed E-state index contributed by atoms with van der Waals surface area (Å²) in [6, 6.07) is 6.69. The molecule has 0 N–H and O–H groups in total. The Bertz CT molecular complexity index is 506. The van der Waals surface area contributed by atoms with Gasteiger partial charge in [0.15, 0.2) is 0 Å². The molecule has 1 aliphatic carbocycles. The van der Waals surface area contributed by atoms with Crippen molar-refractivity contribution >= 4 is 6.08 Å². The molecule has 0 heterocycles. The molecule has 1 aliphatic rings. The summed E-state index contributed by atoms with van der Waals surface area (Å²) in [4.78, 5) is 15.0. The third-order valence-corrected chi connectivity index (χ3v) is 4.31. The van der Waals surface area contributed by atoms with E-state index in [0.29, 0.717) is 11.8 Å². The third-order valence-electron chi connectivity index (χ3n) is 4.31. The van der Waals surface area contributed by atoms with Crippen molar-refractivity contribution in [2.75, 3.05) is 0 Å². The molecule has 1 aromatic carbocycles. The van der Waals surface area contributed by atoms with Gasteiger partial charge in [-0.15, -0.1) is 0 Å². The predicted octanol–water partition coefficient (Wildman–Crippen LogP) is 4.65. The maximum atomic E-state index is 10.8. The average Bonchev–Trinajstić information content (AvgIpc) is 2.32. The van der Waals surface area contributed by atoms with E-state index in [-0.39, 0.29) is 5.54 Å². The van der Waals surface area contributed by atoms with Gasteiger partial charge in [-0.1, -0.05) is 45.9 Å². The van der Waals surface area contributed by atoms with Gasteiger partial charge in [-0.3, -0.25) is 0 Å². The molecular formula is C17H23NO. The van der Waals surface area contributed by atoms with E-state index in [1.807, 2.05) is 0 Å².